The van der Waals surface area contributed by atoms with Gasteiger partial charge in [0.05, 0.1) is 0 Å². The molecular formula is C6H14N2O2S. The molecule has 0 saturated carbocycles. The molecule has 5 heteroatoms. The fraction of sp³-hybridized carbons (Fsp3) is 1.00. The number of hydrogen-bond donors (Lipinski definition) is 2. The molecule has 1 heterocycles. The van der Waals surface area contributed by atoms with Gasteiger partial charge in [0.25, 0.3) is 0 Å². The van der Waals surface area contributed by atoms with E-state index in [-0.39, 0.29) is 5.88 Å². The van der Waals surface area contributed by atoms with Gasteiger partial charge in [-0.2, -0.15) is 0 Å². The van der Waals surface area contributed by atoms with E-state index in [1.54, 1.807) is 0 Å². The van der Waals surface area contributed by atoms with Crippen molar-refractivity contribution in [3.05, 3.63) is 0 Å². The molecule has 0 aromatic rings. The SMILES string of the molecule is CNC1CCN(CS(=O)O)C1. The Kier molecular flexibility index (Phi) is 3.45. The summed E-state index contributed by atoms with van der Waals surface area (Å²) in [5.41, 5.74) is 0. The quantitative estimate of drug-likeness (QED) is 0.570. The van der Waals surface area contributed by atoms with Gasteiger partial charge in [0, 0.05) is 19.1 Å². The van der Waals surface area contributed by atoms with Crippen LogP contribution < -0.4 is 5.32 Å². The molecule has 0 radical (unpaired) electrons. The Morgan fingerprint density at radius 1 is 1.82 bits per heavy atom. The Bertz CT molecular complexity index is 154. The van der Waals surface area contributed by atoms with E-state index in [0.717, 1.165) is 19.5 Å². The van der Waals surface area contributed by atoms with Crippen LogP contribution >= 0.6 is 0 Å². The first kappa shape index (κ1) is 9.12. The molecule has 0 spiro atoms. The average Bonchev–Trinajstić information content (AvgIpc) is 2.34. The minimum absolute atomic E-state index is 0.290. The first-order chi connectivity index (χ1) is 5.22. The Morgan fingerprint density at radius 3 is 3.00 bits per heavy atom. The van der Waals surface area contributed by atoms with Gasteiger partial charge in [-0.3, -0.25) is 4.90 Å². The first-order valence-electron chi connectivity index (χ1n) is 3.69. The third-order valence-electron chi connectivity index (χ3n) is 1.97. The van der Waals surface area contributed by atoms with Crippen molar-refractivity contribution in [3.63, 3.8) is 0 Å². The van der Waals surface area contributed by atoms with Gasteiger partial charge in [-0.1, -0.05) is 0 Å². The molecule has 1 saturated heterocycles. The molecule has 0 aliphatic carbocycles. The van der Waals surface area contributed by atoms with Crippen molar-refractivity contribution in [1.82, 2.24) is 10.2 Å². The third-order valence-corrected chi connectivity index (χ3v) is 2.56. The summed E-state index contributed by atoms with van der Waals surface area (Å²) in [5, 5.41) is 3.14. The van der Waals surface area contributed by atoms with Crippen LogP contribution in [0.3, 0.4) is 0 Å². The van der Waals surface area contributed by atoms with Crippen molar-refractivity contribution in [2.75, 3.05) is 26.0 Å². The summed E-state index contributed by atoms with van der Waals surface area (Å²) in [7, 11) is 1.92. The van der Waals surface area contributed by atoms with Crippen molar-refractivity contribution in [1.29, 1.82) is 0 Å². The number of likely N-dealkylation sites (N-methyl/N-ethyl adjacent to an activating group) is 1. The summed E-state index contributed by atoms with van der Waals surface area (Å²) in [6.45, 7) is 1.82. The van der Waals surface area contributed by atoms with Crippen LogP contribution in [0.1, 0.15) is 6.42 Å². The summed E-state index contributed by atoms with van der Waals surface area (Å²) in [4.78, 5) is 2.00. The van der Waals surface area contributed by atoms with Gasteiger partial charge in [-0.15, -0.1) is 0 Å². The molecule has 0 aromatic heterocycles. The molecule has 1 rings (SSSR count). The smallest absolute Gasteiger partial charge is 0.167 e. The van der Waals surface area contributed by atoms with Gasteiger partial charge < -0.3 is 9.87 Å². The van der Waals surface area contributed by atoms with Gasteiger partial charge in [-0.05, 0) is 13.5 Å². The normalized spacial score (nSPS) is 29.1. The number of rotatable bonds is 3. The lowest BCUT2D eigenvalue weighted by Gasteiger charge is -2.12. The van der Waals surface area contributed by atoms with Crippen LogP contribution in [0, 0.1) is 0 Å². The Morgan fingerprint density at radius 2 is 2.55 bits per heavy atom. The fourth-order valence-corrected chi connectivity index (χ4v) is 1.89. The minimum Gasteiger partial charge on any atom is -0.316 e. The summed E-state index contributed by atoms with van der Waals surface area (Å²) in [5.74, 6) is 0.290. The second kappa shape index (κ2) is 4.15. The van der Waals surface area contributed by atoms with Crippen molar-refractivity contribution in [2.24, 2.45) is 0 Å². The van der Waals surface area contributed by atoms with Gasteiger partial charge in [0.15, 0.2) is 11.1 Å². The van der Waals surface area contributed by atoms with Gasteiger partial charge in [0.1, 0.15) is 5.88 Å². The molecule has 1 aliphatic rings. The number of likely N-dealkylation sites (tertiary alicyclic amines) is 1. The maximum absolute atomic E-state index is 10.4. The predicted molar refractivity (Wildman–Crippen MR) is 44.7 cm³/mol. The van der Waals surface area contributed by atoms with E-state index in [1.807, 2.05) is 11.9 Å². The lowest BCUT2D eigenvalue weighted by atomic mass is 10.3. The molecule has 0 aromatic carbocycles. The summed E-state index contributed by atoms with van der Waals surface area (Å²) >= 11 is -1.67. The summed E-state index contributed by atoms with van der Waals surface area (Å²) in [6, 6.07) is 0.499. The molecular weight excluding hydrogens is 164 g/mol. The second-order valence-electron chi connectivity index (χ2n) is 2.80. The molecule has 2 unspecified atom stereocenters. The number of hydrogen-bond acceptors (Lipinski definition) is 3. The topological polar surface area (TPSA) is 52.6 Å². The first-order valence-corrected chi connectivity index (χ1v) is 4.97. The van der Waals surface area contributed by atoms with E-state index < -0.39 is 11.1 Å². The zero-order valence-electron chi connectivity index (χ0n) is 6.62. The molecule has 11 heavy (non-hydrogen) atoms. The molecule has 0 amide bonds. The van der Waals surface area contributed by atoms with Crippen molar-refractivity contribution < 1.29 is 8.76 Å². The number of nitrogens with zero attached hydrogens (tertiary/aromatic N) is 1. The number of nitrogens with one attached hydrogen (secondary N) is 1. The van der Waals surface area contributed by atoms with Crippen molar-refractivity contribution in [2.45, 2.75) is 12.5 Å². The third kappa shape index (κ3) is 2.86. The molecule has 1 aliphatic heterocycles. The summed E-state index contributed by atoms with van der Waals surface area (Å²) in [6.07, 6.45) is 1.08. The molecule has 4 nitrogen and oxygen atoms in total. The average molecular weight is 178 g/mol. The van der Waals surface area contributed by atoms with E-state index >= 15 is 0 Å². The van der Waals surface area contributed by atoms with E-state index in [4.69, 9.17) is 4.55 Å². The van der Waals surface area contributed by atoms with E-state index in [1.165, 1.54) is 0 Å². The van der Waals surface area contributed by atoms with Crippen LogP contribution in [0.4, 0.5) is 0 Å². The highest BCUT2D eigenvalue weighted by atomic mass is 32.2. The largest absolute Gasteiger partial charge is 0.316 e. The minimum atomic E-state index is -1.67. The van der Waals surface area contributed by atoms with Crippen LogP contribution in [0.25, 0.3) is 0 Å². The zero-order valence-corrected chi connectivity index (χ0v) is 7.43. The molecule has 2 N–H and O–H groups in total. The van der Waals surface area contributed by atoms with E-state index in [2.05, 4.69) is 5.32 Å². The zero-order chi connectivity index (χ0) is 8.27. The lowest BCUT2D eigenvalue weighted by molar-refractivity contribution is 0.373. The lowest BCUT2D eigenvalue weighted by Crippen LogP contribution is -2.31. The molecule has 1 fully saturated rings. The highest BCUT2D eigenvalue weighted by Gasteiger charge is 2.21. The van der Waals surface area contributed by atoms with E-state index in [0.29, 0.717) is 6.04 Å². The predicted octanol–water partition coefficient (Wildman–Crippen LogP) is -0.541. The highest BCUT2D eigenvalue weighted by molar-refractivity contribution is 7.79. The molecule has 2 atom stereocenters. The van der Waals surface area contributed by atoms with Gasteiger partial charge >= 0.3 is 0 Å². The van der Waals surface area contributed by atoms with Crippen LogP contribution in [-0.4, -0.2) is 45.7 Å². The molecule has 0 bridgehead atoms. The monoisotopic (exact) mass is 178 g/mol. The Labute approximate surface area is 69.2 Å². The van der Waals surface area contributed by atoms with Crippen LogP contribution in [-0.2, 0) is 11.1 Å². The molecule has 66 valence electrons. The van der Waals surface area contributed by atoms with E-state index in [9.17, 15) is 4.21 Å². The Hall–Kier alpha value is 0.0300. The van der Waals surface area contributed by atoms with Crippen LogP contribution in [0.2, 0.25) is 0 Å². The second-order valence-corrected chi connectivity index (χ2v) is 3.70. The van der Waals surface area contributed by atoms with Crippen molar-refractivity contribution in [3.8, 4) is 0 Å². The fourth-order valence-electron chi connectivity index (χ4n) is 1.34. The van der Waals surface area contributed by atoms with Gasteiger partial charge in [0.2, 0.25) is 0 Å². The maximum Gasteiger partial charge on any atom is 0.167 e. The standard InChI is InChI=1S/C6H14N2O2S/c1-7-6-2-3-8(4-6)5-11(9)10/h6-7H,2-5H2,1H3,(H,9,10). The Balaban J connectivity index is 2.24. The maximum atomic E-state index is 10.4. The summed E-state index contributed by atoms with van der Waals surface area (Å²) < 4.78 is 19.0. The van der Waals surface area contributed by atoms with Gasteiger partial charge in [-0.25, -0.2) is 4.21 Å². The highest BCUT2D eigenvalue weighted by Crippen LogP contribution is 2.07. The van der Waals surface area contributed by atoms with Crippen molar-refractivity contribution >= 4 is 11.1 Å². The van der Waals surface area contributed by atoms with Crippen LogP contribution in [0.5, 0.6) is 0 Å². The van der Waals surface area contributed by atoms with Crippen LogP contribution in [0.15, 0.2) is 0 Å².